The molecule has 0 atom stereocenters. The summed E-state index contributed by atoms with van der Waals surface area (Å²) in [4.78, 5) is 15.7. The summed E-state index contributed by atoms with van der Waals surface area (Å²) >= 11 is 0. The van der Waals surface area contributed by atoms with Gasteiger partial charge >= 0.3 is 5.97 Å². The number of guanidine groups is 1. The molecule has 0 aliphatic carbocycles. The predicted molar refractivity (Wildman–Crippen MR) is 107 cm³/mol. The topological polar surface area (TPSA) is 81.2 Å². The van der Waals surface area contributed by atoms with E-state index in [9.17, 15) is 4.79 Å². The Bertz CT molecular complexity index is 591. The van der Waals surface area contributed by atoms with Gasteiger partial charge in [-0.15, -0.1) is 0 Å². The van der Waals surface area contributed by atoms with Crippen molar-refractivity contribution < 1.29 is 19.0 Å². The van der Waals surface area contributed by atoms with Crippen molar-refractivity contribution >= 4 is 11.9 Å². The van der Waals surface area contributed by atoms with Crippen LogP contribution in [0.3, 0.4) is 0 Å². The molecule has 27 heavy (non-hydrogen) atoms. The number of esters is 1. The van der Waals surface area contributed by atoms with Crippen LogP contribution in [-0.2, 0) is 16.1 Å². The van der Waals surface area contributed by atoms with Crippen molar-refractivity contribution in [2.75, 3.05) is 34.4 Å². The van der Waals surface area contributed by atoms with Crippen LogP contribution in [0.25, 0.3) is 0 Å². The molecule has 0 saturated carbocycles. The van der Waals surface area contributed by atoms with Gasteiger partial charge in [-0.05, 0) is 37.5 Å². The fraction of sp³-hybridized carbons (Fsp3) is 0.600. The first-order chi connectivity index (χ1) is 13.1. The second-order valence-corrected chi connectivity index (χ2v) is 6.05. The molecule has 0 spiro atoms. The molecule has 2 N–H and O–H groups in total. The molecule has 0 radical (unpaired) electrons. The molecule has 7 heteroatoms. The van der Waals surface area contributed by atoms with Crippen LogP contribution < -0.4 is 20.1 Å². The zero-order valence-electron chi connectivity index (χ0n) is 17.0. The highest BCUT2D eigenvalue weighted by molar-refractivity contribution is 5.79. The second-order valence-electron chi connectivity index (χ2n) is 6.05. The number of aliphatic imine (C=N–C) groups is 1. The van der Waals surface area contributed by atoms with Gasteiger partial charge in [0, 0.05) is 19.5 Å². The van der Waals surface area contributed by atoms with E-state index < -0.39 is 0 Å². The first-order valence-electron chi connectivity index (χ1n) is 9.44. The van der Waals surface area contributed by atoms with Gasteiger partial charge in [0.25, 0.3) is 0 Å². The van der Waals surface area contributed by atoms with Gasteiger partial charge in [-0.3, -0.25) is 4.79 Å². The minimum atomic E-state index is -0.134. The third-order valence-electron chi connectivity index (χ3n) is 4.04. The SMILES string of the molecule is CCNC(=NCc1ccc(OC)c(OC)c1)NCCCCCCC(=O)OC. The van der Waals surface area contributed by atoms with Crippen molar-refractivity contribution in [3.63, 3.8) is 0 Å². The number of unbranched alkanes of at least 4 members (excludes halogenated alkanes) is 3. The Hall–Kier alpha value is -2.44. The predicted octanol–water partition coefficient (Wildman–Crippen LogP) is 2.88. The number of hydrogen-bond donors (Lipinski definition) is 2. The number of carbonyl (C=O) groups excluding carboxylic acids is 1. The Labute approximate surface area is 162 Å². The lowest BCUT2D eigenvalue weighted by Crippen LogP contribution is -2.37. The Morgan fingerprint density at radius 1 is 1.00 bits per heavy atom. The lowest BCUT2D eigenvalue weighted by atomic mass is 10.1. The van der Waals surface area contributed by atoms with Crippen LogP contribution in [0.5, 0.6) is 11.5 Å². The zero-order valence-corrected chi connectivity index (χ0v) is 17.0. The summed E-state index contributed by atoms with van der Waals surface area (Å²) in [5.74, 6) is 2.07. The fourth-order valence-electron chi connectivity index (χ4n) is 2.55. The molecule has 0 unspecified atom stereocenters. The standard InChI is InChI=1S/C20H33N3O4/c1-5-21-20(22-13-9-7-6-8-10-19(24)27-4)23-15-16-11-12-17(25-2)18(14-16)26-3/h11-12,14H,5-10,13,15H2,1-4H3,(H2,21,22,23). The normalized spacial score (nSPS) is 11.0. The third kappa shape index (κ3) is 9.17. The molecule has 0 aromatic heterocycles. The first kappa shape index (κ1) is 22.6. The number of nitrogens with zero attached hydrogens (tertiary/aromatic N) is 1. The second kappa shape index (κ2) is 13.7. The number of ether oxygens (including phenoxy) is 3. The summed E-state index contributed by atoms with van der Waals surface area (Å²) in [6, 6.07) is 5.81. The van der Waals surface area contributed by atoms with E-state index in [2.05, 4.69) is 20.4 Å². The van der Waals surface area contributed by atoms with E-state index >= 15 is 0 Å². The first-order valence-corrected chi connectivity index (χ1v) is 9.44. The fourth-order valence-corrected chi connectivity index (χ4v) is 2.55. The van der Waals surface area contributed by atoms with Crippen LogP contribution in [0, 0.1) is 0 Å². The average Bonchev–Trinajstić information content (AvgIpc) is 2.70. The molecule has 0 bridgehead atoms. The number of methoxy groups -OCH3 is 3. The number of benzene rings is 1. The number of carbonyl (C=O) groups is 1. The Kier molecular flexibility index (Phi) is 11.5. The molecule has 0 amide bonds. The van der Waals surface area contributed by atoms with E-state index in [4.69, 9.17) is 9.47 Å². The Morgan fingerprint density at radius 2 is 1.74 bits per heavy atom. The molecule has 7 nitrogen and oxygen atoms in total. The summed E-state index contributed by atoms with van der Waals surface area (Å²) in [5.41, 5.74) is 1.05. The van der Waals surface area contributed by atoms with Crippen LogP contribution >= 0.6 is 0 Å². The largest absolute Gasteiger partial charge is 0.493 e. The third-order valence-corrected chi connectivity index (χ3v) is 4.04. The van der Waals surface area contributed by atoms with Crippen molar-refractivity contribution in [1.82, 2.24) is 10.6 Å². The van der Waals surface area contributed by atoms with Gasteiger partial charge in [0.2, 0.25) is 0 Å². The van der Waals surface area contributed by atoms with E-state index in [-0.39, 0.29) is 5.97 Å². The molecule has 0 fully saturated rings. The van der Waals surface area contributed by atoms with Gasteiger partial charge in [-0.2, -0.15) is 0 Å². The summed E-state index contributed by atoms with van der Waals surface area (Å²) in [6.45, 7) is 4.24. The van der Waals surface area contributed by atoms with Gasteiger partial charge in [0.15, 0.2) is 17.5 Å². The van der Waals surface area contributed by atoms with Crippen molar-refractivity contribution in [3.8, 4) is 11.5 Å². The summed E-state index contributed by atoms with van der Waals surface area (Å²) in [7, 11) is 4.68. The molecule has 1 aromatic carbocycles. The highest BCUT2D eigenvalue weighted by Crippen LogP contribution is 2.27. The molecule has 0 heterocycles. The number of rotatable bonds is 12. The number of nitrogens with one attached hydrogen (secondary N) is 2. The highest BCUT2D eigenvalue weighted by atomic mass is 16.5. The van der Waals surface area contributed by atoms with E-state index in [0.717, 1.165) is 50.3 Å². The van der Waals surface area contributed by atoms with Crippen LogP contribution in [-0.4, -0.2) is 46.3 Å². The molecule has 152 valence electrons. The molecular formula is C20H33N3O4. The van der Waals surface area contributed by atoms with Crippen molar-refractivity contribution in [1.29, 1.82) is 0 Å². The van der Waals surface area contributed by atoms with Crippen molar-refractivity contribution in [2.45, 2.75) is 45.6 Å². The Balaban J connectivity index is 2.40. The van der Waals surface area contributed by atoms with E-state index in [1.165, 1.54) is 7.11 Å². The van der Waals surface area contributed by atoms with Crippen LogP contribution in [0.1, 0.15) is 44.6 Å². The van der Waals surface area contributed by atoms with Gasteiger partial charge in [-0.25, -0.2) is 4.99 Å². The summed E-state index contributed by atoms with van der Waals surface area (Å²) in [5, 5.41) is 6.59. The Morgan fingerprint density at radius 3 is 2.41 bits per heavy atom. The van der Waals surface area contributed by atoms with Gasteiger partial charge < -0.3 is 24.8 Å². The molecule has 0 saturated heterocycles. The lowest BCUT2D eigenvalue weighted by molar-refractivity contribution is -0.140. The number of hydrogen-bond acceptors (Lipinski definition) is 5. The van der Waals surface area contributed by atoms with Gasteiger partial charge in [0.1, 0.15) is 0 Å². The van der Waals surface area contributed by atoms with Crippen LogP contribution in [0.15, 0.2) is 23.2 Å². The maximum absolute atomic E-state index is 11.1. The minimum Gasteiger partial charge on any atom is -0.493 e. The molecule has 1 rings (SSSR count). The summed E-state index contributed by atoms with van der Waals surface area (Å²) < 4.78 is 15.2. The lowest BCUT2D eigenvalue weighted by Gasteiger charge is -2.12. The van der Waals surface area contributed by atoms with Crippen LogP contribution in [0.4, 0.5) is 0 Å². The van der Waals surface area contributed by atoms with Crippen molar-refractivity contribution in [2.24, 2.45) is 4.99 Å². The monoisotopic (exact) mass is 379 g/mol. The van der Waals surface area contributed by atoms with Gasteiger partial charge in [0.05, 0.1) is 27.9 Å². The quantitative estimate of drug-likeness (QED) is 0.252. The zero-order chi connectivity index (χ0) is 19.9. The van der Waals surface area contributed by atoms with E-state index in [1.54, 1.807) is 14.2 Å². The average molecular weight is 380 g/mol. The van der Waals surface area contributed by atoms with Crippen LogP contribution in [0.2, 0.25) is 0 Å². The van der Waals surface area contributed by atoms with Gasteiger partial charge in [-0.1, -0.05) is 18.9 Å². The highest BCUT2D eigenvalue weighted by Gasteiger charge is 2.05. The molecule has 0 aliphatic heterocycles. The minimum absolute atomic E-state index is 0.134. The molecule has 1 aromatic rings. The maximum atomic E-state index is 11.1. The molecular weight excluding hydrogens is 346 g/mol. The maximum Gasteiger partial charge on any atom is 0.305 e. The smallest absolute Gasteiger partial charge is 0.305 e. The summed E-state index contributed by atoms with van der Waals surface area (Å²) in [6.07, 6.45) is 4.50. The van der Waals surface area contributed by atoms with E-state index in [0.29, 0.717) is 24.5 Å². The van der Waals surface area contributed by atoms with Crippen molar-refractivity contribution in [3.05, 3.63) is 23.8 Å². The van der Waals surface area contributed by atoms with E-state index in [1.807, 2.05) is 25.1 Å². The molecule has 0 aliphatic rings.